The summed E-state index contributed by atoms with van der Waals surface area (Å²) in [7, 11) is 0. The molecule has 1 aliphatic heterocycles. The Labute approximate surface area is 69.3 Å². The van der Waals surface area contributed by atoms with E-state index in [0.717, 1.165) is 19.6 Å². The lowest BCUT2D eigenvalue weighted by Gasteiger charge is -2.27. The van der Waals surface area contributed by atoms with Gasteiger partial charge in [-0.05, 0) is 32.7 Å². The van der Waals surface area contributed by atoms with Crippen molar-refractivity contribution in [1.29, 1.82) is 0 Å². The zero-order valence-corrected chi connectivity index (χ0v) is 7.60. The second-order valence-electron chi connectivity index (χ2n) is 3.37. The minimum atomic E-state index is 0.520. The van der Waals surface area contributed by atoms with Gasteiger partial charge in [0.15, 0.2) is 0 Å². The summed E-state index contributed by atoms with van der Waals surface area (Å²) in [4.78, 5) is 0. The van der Waals surface area contributed by atoms with Crippen molar-refractivity contribution in [3.8, 4) is 0 Å². The Bertz CT molecular complexity index is 106. The molecule has 2 heteroatoms. The van der Waals surface area contributed by atoms with Gasteiger partial charge in [-0.25, -0.2) is 0 Å². The van der Waals surface area contributed by atoms with Crippen molar-refractivity contribution in [1.82, 2.24) is 5.32 Å². The van der Waals surface area contributed by atoms with Crippen LogP contribution in [0.4, 0.5) is 0 Å². The van der Waals surface area contributed by atoms with E-state index < -0.39 is 0 Å². The van der Waals surface area contributed by atoms with Gasteiger partial charge in [-0.1, -0.05) is 6.92 Å². The van der Waals surface area contributed by atoms with Crippen LogP contribution < -0.4 is 5.32 Å². The maximum Gasteiger partial charge on any atom is 0.0602 e. The Kier molecular flexibility index (Phi) is 3.87. The van der Waals surface area contributed by atoms with Crippen LogP contribution >= 0.6 is 0 Å². The first-order valence-corrected chi connectivity index (χ1v) is 4.68. The topological polar surface area (TPSA) is 21.3 Å². The van der Waals surface area contributed by atoms with Crippen LogP contribution in [0.1, 0.15) is 33.1 Å². The summed E-state index contributed by atoms with van der Waals surface area (Å²) in [5.74, 6) is 0. The van der Waals surface area contributed by atoms with Crippen LogP contribution in [0.3, 0.4) is 0 Å². The molecule has 1 rings (SSSR count). The Morgan fingerprint density at radius 3 is 3.00 bits per heavy atom. The third-order valence-corrected chi connectivity index (χ3v) is 2.13. The molecule has 66 valence electrons. The van der Waals surface area contributed by atoms with Crippen LogP contribution in [0.25, 0.3) is 0 Å². The molecule has 0 aromatic heterocycles. The molecule has 0 aromatic rings. The van der Waals surface area contributed by atoms with E-state index >= 15 is 0 Å². The number of hydrogen-bond acceptors (Lipinski definition) is 2. The molecule has 11 heavy (non-hydrogen) atoms. The molecule has 2 atom stereocenters. The number of nitrogens with one attached hydrogen (secondary N) is 1. The van der Waals surface area contributed by atoms with E-state index in [-0.39, 0.29) is 0 Å². The second-order valence-corrected chi connectivity index (χ2v) is 3.37. The smallest absolute Gasteiger partial charge is 0.0602 e. The molecule has 1 saturated heterocycles. The minimum Gasteiger partial charge on any atom is -0.378 e. The first kappa shape index (κ1) is 9.01. The molecule has 1 heterocycles. The lowest BCUT2D eigenvalue weighted by atomic mass is 10.0. The van der Waals surface area contributed by atoms with Crippen LogP contribution in [0.2, 0.25) is 0 Å². The average Bonchev–Trinajstić information content (AvgIpc) is 2.01. The molecule has 2 unspecified atom stereocenters. The van der Waals surface area contributed by atoms with E-state index in [1.165, 1.54) is 12.8 Å². The molecule has 0 saturated carbocycles. The molecule has 0 amide bonds. The largest absolute Gasteiger partial charge is 0.378 e. The van der Waals surface area contributed by atoms with Crippen molar-refractivity contribution in [2.45, 2.75) is 45.3 Å². The van der Waals surface area contributed by atoms with Crippen LogP contribution in [0, 0.1) is 0 Å². The summed E-state index contributed by atoms with van der Waals surface area (Å²) >= 11 is 0. The first-order valence-electron chi connectivity index (χ1n) is 4.68. The van der Waals surface area contributed by atoms with Crippen molar-refractivity contribution in [3.63, 3.8) is 0 Å². The van der Waals surface area contributed by atoms with Crippen molar-refractivity contribution in [2.24, 2.45) is 0 Å². The molecule has 0 bridgehead atoms. The van der Waals surface area contributed by atoms with Gasteiger partial charge in [0.1, 0.15) is 0 Å². The summed E-state index contributed by atoms with van der Waals surface area (Å²) in [6.07, 6.45) is 4.02. The average molecular weight is 157 g/mol. The lowest BCUT2D eigenvalue weighted by Crippen LogP contribution is -2.39. The third kappa shape index (κ3) is 3.21. The highest BCUT2D eigenvalue weighted by molar-refractivity contribution is 4.75. The Morgan fingerprint density at radius 1 is 1.55 bits per heavy atom. The molecule has 1 aliphatic rings. The van der Waals surface area contributed by atoms with Gasteiger partial charge in [0.25, 0.3) is 0 Å². The molecule has 0 radical (unpaired) electrons. The van der Waals surface area contributed by atoms with E-state index in [4.69, 9.17) is 4.74 Å². The second kappa shape index (κ2) is 4.73. The molecule has 0 aromatic carbocycles. The number of ether oxygens (including phenoxy) is 1. The van der Waals surface area contributed by atoms with Crippen LogP contribution in [-0.2, 0) is 4.74 Å². The van der Waals surface area contributed by atoms with Gasteiger partial charge in [0.05, 0.1) is 6.10 Å². The molecule has 2 nitrogen and oxygen atoms in total. The molecule has 0 spiro atoms. The summed E-state index contributed by atoms with van der Waals surface area (Å²) in [6, 6.07) is 0.644. The monoisotopic (exact) mass is 157 g/mol. The fourth-order valence-electron chi connectivity index (χ4n) is 1.52. The van der Waals surface area contributed by atoms with Crippen molar-refractivity contribution in [3.05, 3.63) is 0 Å². The summed E-state index contributed by atoms with van der Waals surface area (Å²) in [5.41, 5.74) is 0. The van der Waals surface area contributed by atoms with E-state index in [9.17, 15) is 0 Å². The van der Waals surface area contributed by atoms with E-state index in [1.807, 2.05) is 0 Å². The van der Waals surface area contributed by atoms with E-state index in [1.54, 1.807) is 0 Å². The number of piperidine rings is 1. The molecular weight excluding hydrogens is 138 g/mol. The van der Waals surface area contributed by atoms with Gasteiger partial charge in [-0.3, -0.25) is 0 Å². The third-order valence-electron chi connectivity index (χ3n) is 2.13. The molecule has 1 N–H and O–H groups in total. The fraction of sp³-hybridized carbons (Fsp3) is 1.00. The van der Waals surface area contributed by atoms with Gasteiger partial charge in [-0.2, -0.15) is 0 Å². The minimum absolute atomic E-state index is 0.520. The quantitative estimate of drug-likeness (QED) is 0.671. The van der Waals surface area contributed by atoms with Gasteiger partial charge >= 0.3 is 0 Å². The van der Waals surface area contributed by atoms with Gasteiger partial charge in [0.2, 0.25) is 0 Å². The molecular formula is C9H19NO. The van der Waals surface area contributed by atoms with Crippen LogP contribution in [0.15, 0.2) is 0 Å². The summed E-state index contributed by atoms with van der Waals surface area (Å²) in [6.45, 7) is 6.43. The number of rotatable bonds is 3. The maximum absolute atomic E-state index is 5.66. The SMILES string of the molecule is CCCOC1CCNC(C)C1. The van der Waals surface area contributed by atoms with Crippen molar-refractivity contribution >= 4 is 0 Å². The Hall–Kier alpha value is -0.0800. The van der Waals surface area contributed by atoms with Gasteiger partial charge < -0.3 is 10.1 Å². The standard InChI is InChI=1S/C9H19NO/c1-3-6-11-9-4-5-10-8(2)7-9/h8-10H,3-7H2,1-2H3. The molecule has 0 aliphatic carbocycles. The molecule has 1 fully saturated rings. The van der Waals surface area contributed by atoms with Gasteiger partial charge in [0, 0.05) is 12.6 Å². The Morgan fingerprint density at radius 2 is 2.36 bits per heavy atom. The predicted molar refractivity (Wildman–Crippen MR) is 46.7 cm³/mol. The highest BCUT2D eigenvalue weighted by atomic mass is 16.5. The highest BCUT2D eigenvalue weighted by Gasteiger charge is 2.17. The summed E-state index contributed by atoms with van der Waals surface area (Å²) < 4.78 is 5.66. The Balaban J connectivity index is 2.12. The zero-order chi connectivity index (χ0) is 8.10. The number of hydrogen-bond donors (Lipinski definition) is 1. The zero-order valence-electron chi connectivity index (χ0n) is 7.60. The summed E-state index contributed by atoms with van der Waals surface area (Å²) in [5, 5.41) is 3.41. The predicted octanol–water partition coefficient (Wildman–Crippen LogP) is 1.55. The first-order chi connectivity index (χ1) is 5.33. The fourth-order valence-corrected chi connectivity index (χ4v) is 1.52. The van der Waals surface area contributed by atoms with Crippen LogP contribution in [-0.4, -0.2) is 25.3 Å². The maximum atomic E-state index is 5.66. The lowest BCUT2D eigenvalue weighted by molar-refractivity contribution is 0.0244. The van der Waals surface area contributed by atoms with E-state index in [0.29, 0.717) is 12.1 Å². The highest BCUT2D eigenvalue weighted by Crippen LogP contribution is 2.11. The van der Waals surface area contributed by atoms with Crippen molar-refractivity contribution in [2.75, 3.05) is 13.2 Å². The van der Waals surface area contributed by atoms with E-state index in [2.05, 4.69) is 19.2 Å². The van der Waals surface area contributed by atoms with Gasteiger partial charge in [-0.15, -0.1) is 0 Å². The van der Waals surface area contributed by atoms with Crippen LogP contribution in [0.5, 0.6) is 0 Å². The normalized spacial score (nSPS) is 32.2. The van der Waals surface area contributed by atoms with Crippen molar-refractivity contribution < 1.29 is 4.74 Å².